The predicted molar refractivity (Wildman–Crippen MR) is 92.1 cm³/mol. The Morgan fingerprint density at radius 2 is 1.60 bits per heavy atom. The summed E-state index contributed by atoms with van der Waals surface area (Å²) in [5.41, 5.74) is 5.05. The summed E-state index contributed by atoms with van der Waals surface area (Å²) >= 11 is 10.1. The third-order valence-corrected chi connectivity index (χ3v) is 4.85. The van der Waals surface area contributed by atoms with Crippen molar-refractivity contribution in [3.8, 4) is 0 Å². The first kappa shape index (κ1) is 15.6. The number of halogens is 2. The van der Waals surface area contributed by atoms with Gasteiger partial charge in [0, 0.05) is 5.02 Å². The Hall–Kier alpha value is -0.790. The second-order valence-electron chi connectivity index (χ2n) is 6.26. The molecule has 2 aromatic carbocycles. The average Bonchev–Trinajstić information content (AvgIpc) is 2.37. The highest BCUT2D eigenvalue weighted by atomic mass is 79.9. The van der Waals surface area contributed by atoms with Crippen molar-refractivity contribution in [1.29, 1.82) is 0 Å². The fourth-order valence-corrected chi connectivity index (χ4v) is 3.35. The molecular weight excluding hydrogens is 332 g/mol. The molecule has 0 N–H and O–H groups in total. The van der Waals surface area contributed by atoms with Gasteiger partial charge in [-0.15, -0.1) is 0 Å². The minimum absolute atomic E-state index is 0.129. The molecule has 0 bridgehead atoms. The van der Waals surface area contributed by atoms with Gasteiger partial charge in [0.2, 0.25) is 0 Å². The van der Waals surface area contributed by atoms with Crippen LogP contribution in [0.2, 0.25) is 5.02 Å². The second kappa shape index (κ2) is 5.91. The van der Waals surface area contributed by atoms with Gasteiger partial charge in [-0.25, -0.2) is 0 Å². The molecule has 1 unspecified atom stereocenters. The monoisotopic (exact) mass is 350 g/mol. The molecule has 0 aliphatic carbocycles. The molecule has 2 rings (SSSR count). The van der Waals surface area contributed by atoms with E-state index in [1.807, 2.05) is 6.07 Å². The highest BCUT2D eigenvalue weighted by Crippen LogP contribution is 2.36. The van der Waals surface area contributed by atoms with Crippen LogP contribution >= 0.6 is 27.5 Å². The Bertz CT molecular complexity index is 594. The second-order valence-corrected chi connectivity index (χ2v) is 7.58. The van der Waals surface area contributed by atoms with E-state index in [-0.39, 0.29) is 10.2 Å². The summed E-state index contributed by atoms with van der Waals surface area (Å²) < 4.78 is 0. The summed E-state index contributed by atoms with van der Waals surface area (Å²) in [5, 5.41) is 0.812. The van der Waals surface area contributed by atoms with Crippen molar-refractivity contribution in [2.75, 3.05) is 0 Å². The summed E-state index contributed by atoms with van der Waals surface area (Å²) in [5.74, 6) is 0. The molecule has 2 aromatic rings. The number of benzene rings is 2. The van der Waals surface area contributed by atoms with E-state index < -0.39 is 0 Å². The summed E-state index contributed by atoms with van der Waals surface area (Å²) in [6.45, 7) is 8.73. The molecule has 106 valence electrons. The van der Waals surface area contributed by atoms with E-state index in [0.29, 0.717) is 0 Å². The minimum Gasteiger partial charge on any atom is -0.0840 e. The first-order chi connectivity index (χ1) is 9.29. The molecule has 1 atom stereocenters. The van der Waals surface area contributed by atoms with Gasteiger partial charge in [0.15, 0.2) is 0 Å². The normalized spacial score (nSPS) is 13.3. The molecule has 0 aromatic heterocycles. The number of hydrogen-bond donors (Lipinski definition) is 0. The lowest BCUT2D eigenvalue weighted by molar-refractivity contribution is 0.590. The molecule has 0 amide bonds. The van der Waals surface area contributed by atoms with Crippen LogP contribution in [0.5, 0.6) is 0 Å². The van der Waals surface area contributed by atoms with Crippen molar-refractivity contribution in [2.24, 2.45) is 0 Å². The molecule has 20 heavy (non-hydrogen) atoms. The highest BCUT2D eigenvalue weighted by Gasteiger charge is 2.16. The summed E-state index contributed by atoms with van der Waals surface area (Å²) in [4.78, 5) is 0.129. The lowest BCUT2D eigenvalue weighted by Crippen LogP contribution is -2.10. The van der Waals surface area contributed by atoms with E-state index in [1.54, 1.807) is 0 Å². The SMILES string of the molecule is Cc1ccc(C(Br)c2ccc(C(C)(C)C)cc2)c(Cl)c1. The lowest BCUT2D eigenvalue weighted by Gasteiger charge is -2.20. The van der Waals surface area contributed by atoms with Crippen molar-refractivity contribution in [2.45, 2.75) is 37.9 Å². The molecule has 2 heteroatoms. The molecule has 0 spiro atoms. The number of aryl methyl sites for hydroxylation is 1. The minimum atomic E-state index is 0.129. The average molecular weight is 352 g/mol. The van der Waals surface area contributed by atoms with Gasteiger partial charge in [0.25, 0.3) is 0 Å². The molecule has 0 nitrogen and oxygen atoms in total. The lowest BCUT2D eigenvalue weighted by atomic mass is 9.86. The van der Waals surface area contributed by atoms with Crippen LogP contribution < -0.4 is 0 Å². The third-order valence-electron chi connectivity index (χ3n) is 3.50. The molecular formula is C18H20BrCl. The van der Waals surface area contributed by atoms with Gasteiger partial charge in [-0.1, -0.05) is 84.7 Å². The van der Waals surface area contributed by atoms with Crippen LogP contribution in [0.3, 0.4) is 0 Å². The van der Waals surface area contributed by atoms with Crippen LogP contribution in [-0.4, -0.2) is 0 Å². The van der Waals surface area contributed by atoms with Crippen LogP contribution in [0.1, 0.15) is 47.9 Å². The zero-order valence-electron chi connectivity index (χ0n) is 12.4. The van der Waals surface area contributed by atoms with Crippen LogP contribution in [-0.2, 0) is 5.41 Å². The maximum absolute atomic E-state index is 6.35. The van der Waals surface area contributed by atoms with E-state index in [2.05, 4.69) is 80.0 Å². The van der Waals surface area contributed by atoms with E-state index in [0.717, 1.165) is 10.6 Å². The Morgan fingerprint density at radius 3 is 2.10 bits per heavy atom. The van der Waals surface area contributed by atoms with Crippen LogP contribution in [0.25, 0.3) is 0 Å². The zero-order valence-corrected chi connectivity index (χ0v) is 14.7. The Balaban J connectivity index is 2.31. The fourth-order valence-electron chi connectivity index (χ4n) is 2.17. The molecule has 0 aliphatic heterocycles. The first-order valence-electron chi connectivity index (χ1n) is 6.79. The molecule has 0 fully saturated rings. The zero-order chi connectivity index (χ0) is 14.9. The number of hydrogen-bond acceptors (Lipinski definition) is 0. The quantitative estimate of drug-likeness (QED) is 0.547. The number of rotatable bonds is 2. The Labute approximate surface area is 135 Å². The third kappa shape index (κ3) is 3.45. The maximum Gasteiger partial charge on any atom is 0.0659 e. The molecule has 0 aliphatic rings. The Kier molecular flexibility index (Phi) is 4.61. The van der Waals surface area contributed by atoms with Gasteiger partial charge in [0.05, 0.1) is 4.83 Å². The van der Waals surface area contributed by atoms with Crippen molar-refractivity contribution >= 4 is 27.5 Å². The summed E-state index contributed by atoms with van der Waals surface area (Å²) in [6.07, 6.45) is 0. The summed E-state index contributed by atoms with van der Waals surface area (Å²) in [6, 6.07) is 15.0. The van der Waals surface area contributed by atoms with E-state index in [9.17, 15) is 0 Å². The van der Waals surface area contributed by atoms with Crippen LogP contribution in [0.15, 0.2) is 42.5 Å². The van der Waals surface area contributed by atoms with Gasteiger partial charge >= 0.3 is 0 Å². The standard InChI is InChI=1S/C18H20BrCl/c1-12-5-10-15(16(20)11-12)17(19)13-6-8-14(9-7-13)18(2,3)4/h5-11,17H,1-4H3. The predicted octanol–water partition coefficient (Wildman–Crippen LogP) is 6.43. The molecule has 0 radical (unpaired) electrons. The van der Waals surface area contributed by atoms with Crippen LogP contribution in [0, 0.1) is 6.92 Å². The fraction of sp³-hybridized carbons (Fsp3) is 0.333. The van der Waals surface area contributed by atoms with Crippen LogP contribution in [0.4, 0.5) is 0 Å². The smallest absolute Gasteiger partial charge is 0.0659 e. The molecule has 0 saturated heterocycles. The first-order valence-corrected chi connectivity index (χ1v) is 8.09. The van der Waals surface area contributed by atoms with E-state index in [1.165, 1.54) is 16.7 Å². The van der Waals surface area contributed by atoms with Gasteiger partial charge in [-0.3, -0.25) is 0 Å². The van der Waals surface area contributed by atoms with Crippen molar-refractivity contribution in [1.82, 2.24) is 0 Å². The van der Waals surface area contributed by atoms with Gasteiger partial charge < -0.3 is 0 Å². The maximum atomic E-state index is 6.35. The Morgan fingerprint density at radius 1 is 1.00 bits per heavy atom. The van der Waals surface area contributed by atoms with Gasteiger partial charge in [0.1, 0.15) is 0 Å². The van der Waals surface area contributed by atoms with Crippen molar-refractivity contribution in [3.63, 3.8) is 0 Å². The highest BCUT2D eigenvalue weighted by molar-refractivity contribution is 9.09. The van der Waals surface area contributed by atoms with E-state index >= 15 is 0 Å². The largest absolute Gasteiger partial charge is 0.0840 e. The summed E-state index contributed by atoms with van der Waals surface area (Å²) in [7, 11) is 0. The topological polar surface area (TPSA) is 0 Å². The van der Waals surface area contributed by atoms with Crippen molar-refractivity contribution in [3.05, 3.63) is 69.7 Å². The van der Waals surface area contributed by atoms with Gasteiger partial charge in [-0.2, -0.15) is 0 Å². The van der Waals surface area contributed by atoms with Crippen molar-refractivity contribution < 1.29 is 0 Å². The van der Waals surface area contributed by atoms with Gasteiger partial charge in [-0.05, 0) is 40.7 Å². The molecule has 0 saturated carbocycles. The molecule has 0 heterocycles. The van der Waals surface area contributed by atoms with E-state index in [4.69, 9.17) is 11.6 Å². The number of alkyl halides is 1.